The van der Waals surface area contributed by atoms with E-state index in [4.69, 9.17) is 14.2 Å². The number of halogens is 1. The maximum absolute atomic E-state index is 12.0. The molecule has 1 rings (SSSR count). The summed E-state index contributed by atoms with van der Waals surface area (Å²) >= 11 is 0. The van der Waals surface area contributed by atoms with Gasteiger partial charge in [0.15, 0.2) is 11.5 Å². The van der Waals surface area contributed by atoms with Crippen molar-refractivity contribution < 1.29 is 18.6 Å². The summed E-state index contributed by atoms with van der Waals surface area (Å²) in [5.74, 6) is 1.70. The third-order valence-electron chi connectivity index (χ3n) is 2.30. The smallest absolute Gasteiger partial charge is 0.203 e. The van der Waals surface area contributed by atoms with Crippen LogP contribution in [-0.4, -0.2) is 34.5 Å². The normalized spacial score (nSPS) is 9.88. The standard InChI is InChI=1S/C12H18FNO3/c1-15-10-7-9(14-6-4-5-13)8-11(16-2)12(10)17-3/h7-8,14H,4-6H2,1-3H3. The minimum atomic E-state index is -0.336. The molecule has 0 bridgehead atoms. The predicted molar refractivity (Wildman–Crippen MR) is 65.2 cm³/mol. The molecular weight excluding hydrogens is 225 g/mol. The lowest BCUT2D eigenvalue weighted by molar-refractivity contribution is 0.324. The summed E-state index contributed by atoms with van der Waals surface area (Å²) in [5, 5.41) is 3.09. The van der Waals surface area contributed by atoms with Crippen molar-refractivity contribution in [1.82, 2.24) is 0 Å². The Kier molecular flexibility index (Phi) is 5.39. The average molecular weight is 243 g/mol. The van der Waals surface area contributed by atoms with E-state index in [1.165, 1.54) is 0 Å². The Balaban J connectivity index is 2.92. The number of methoxy groups -OCH3 is 3. The van der Waals surface area contributed by atoms with E-state index in [2.05, 4.69) is 5.32 Å². The number of rotatable bonds is 7. The van der Waals surface area contributed by atoms with Crippen LogP contribution in [0.4, 0.5) is 10.1 Å². The van der Waals surface area contributed by atoms with Gasteiger partial charge >= 0.3 is 0 Å². The van der Waals surface area contributed by atoms with Crippen molar-refractivity contribution >= 4 is 5.69 Å². The van der Waals surface area contributed by atoms with Crippen molar-refractivity contribution in [1.29, 1.82) is 0 Å². The van der Waals surface area contributed by atoms with Crippen LogP contribution in [0.25, 0.3) is 0 Å². The van der Waals surface area contributed by atoms with Gasteiger partial charge in [0, 0.05) is 24.4 Å². The molecule has 4 nitrogen and oxygen atoms in total. The molecule has 0 fully saturated rings. The molecule has 0 unspecified atom stereocenters. The average Bonchev–Trinajstić information content (AvgIpc) is 2.37. The van der Waals surface area contributed by atoms with Crippen LogP contribution >= 0.6 is 0 Å². The van der Waals surface area contributed by atoms with Crippen LogP contribution < -0.4 is 19.5 Å². The monoisotopic (exact) mass is 243 g/mol. The molecule has 96 valence electrons. The van der Waals surface area contributed by atoms with Crippen LogP contribution in [0.3, 0.4) is 0 Å². The van der Waals surface area contributed by atoms with E-state index < -0.39 is 0 Å². The zero-order chi connectivity index (χ0) is 12.7. The molecule has 0 aliphatic heterocycles. The van der Waals surface area contributed by atoms with Crippen molar-refractivity contribution in [2.75, 3.05) is 39.9 Å². The number of alkyl halides is 1. The maximum atomic E-state index is 12.0. The summed E-state index contributed by atoms with van der Waals surface area (Å²) in [6, 6.07) is 3.58. The maximum Gasteiger partial charge on any atom is 0.203 e. The third kappa shape index (κ3) is 3.41. The van der Waals surface area contributed by atoms with Crippen LogP contribution in [0.5, 0.6) is 17.2 Å². The summed E-state index contributed by atoms with van der Waals surface area (Å²) < 4.78 is 27.6. The number of hydrogen-bond donors (Lipinski definition) is 1. The van der Waals surface area contributed by atoms with Crippen molar-refractivity contribution in [2.45, 2.75) is 6.42 Å². The topological polar surface area (TPSA) is 39.7 Å². The Bertz CT molecular complexity index is 333. The van der Waals surface area contributed by atoms with Gasteiger partial charge in [-0.15, -0.1) is 0 Å². The Hall–Kier alpha value is -1.65. The summed E-state index contributed by atoms with van der Waals surface area (Å²) in [4.78, 5) is 0. The molecule has 0 spiro atoms. The molecule has 1 N–H and O–H groups in total. The van der Waals surface area contributed by atoms with E-state index in [1.54, 1.807) is 33.5 Å². The van der Waals surface area contributed by atoms with Gasteiger partial charge in [-0.3, -0.25) is 4.39 Å². The molecule has 0 saturated carbocycles. The summed E-state index contributed by atoms with van der Waals surface area (Å²) in [6.45, 7) is 0.229. The fourth-order valence-electron chi connectivity index (χ4n) is 1.48. The van der Waals surface area contributed by atoms with Crippen LogP contribution in [0, 0.1) is 0 Å². The number of nitrogens with one attached hydrogen (secondary N) is 1. The Labute approximate surface area is 101 Å². The van der Waals surface area contributed by atoms with E-state index >= 15 is 0 Å². The van der Waals surface area contributed by atoms with Crippen molar-refractivity contribution in [3.8, 4) is 17.2 Å². The van der Waals surface area contributed by atoms with Crippen molar-refractivity contribution in [3.63, 3.8) is 0 Å². The predicted octanol–water partition coefficient (Wildman–Crippen LogP) is 2.48. The van der Waals surface area contributed by atoms with Crippen molar-refractivity contribution in [2.24, 2.45) is 0 Å². The molecule has 0 saturated heterocycles. The molecule has 1 aromatic rings. The molecule has 5 heteroatoms. The fourth-order valence-corrected chi connectivity index (χ4v) is 1.48. The Morgan fingerprint density at radius 2 is 1.65 bits per heavy atom. The third-order valence-corrected chi connectivity index (χ3v) is 2.30. The molecule has 0 aromatic heterocycles. The molecular formula is C12H18FNO3. The van der Waals surface area contributed by atoms with Gasteiger partial charge in [-0.2, -0.15) is 0 Å². The van der Waals surface area contributed by atoms with E-state index in [-0.39, 0.29) is 6.67 Å². The highest BCUT2D eigenvalue weighted by atomic mass is 19.1. The second-order valence-electron chi connectivity index (χ2n) is 3.38. The highest BCUT2D eigenvalue weighted by Crippen LogP contribution is 2.39. The second kappa shape index (κ2) is 6.83. The lowest BCUT2D eigenvalue weighted by atomic mass is 10.2. The first-order chi connectivity index (χ1) is 8.26. The van der Waals surface area contributed by atoms with Gasteiger partial charge in [-0.25, -0.2) is 0 Å². The van der Waals surface area contributed by atoms with Gasteiger partial charge < -0.3 is 19.5 Å². The van der Waals surface area contributed by atoms with Gasteiger partial charge in [0.2, 0.25) is 5.75 Å². The summed E-state index contributed by atoms with van der Waals surface area (Å²) in [7, 11) is 4.67. The van der Waals surface area contributed by atoms with Crippen LogP contribution in [0.2, 0.25) is 0 Å². The second-order valence-corrected chi connectivity index (χ2v) is 3.38. The van der Waals surface area contributed by atoms with Gasteiger partial charge in [-0.1, -0.05) is 0 Å². The molecule has 0 atom stereocenters. The zero-order valence-corrected chi connectivity index (χ0v) is 10.4. The lowest BCUT2D eigenvalue weighted by Gasteiger charge is -2.14. The van der Waals surface area contributed by atoms with Crippen molar-refractivity contribution in [3.05, 3.63) is 12.1 Å². The fraction of sp³-hybridized carbons (Fsp3) is 0.500. The van der Waals surface area contributed by atoms with E-state index in [9.17, 15) is 4.39 Å². The quantitative estimate of drug-likeness (QED) is 0.747. The molecule has 0 radical (unpaired) electrons. The van der Waals surface area contributed by atoms with E-state index in [0.29, 0.717) is 30.2 Å². The van der Waals surface area contributed by atoms with Gasteiger partial charge in [0.25, 0.3) is 0 Å². The number of ether oxygens (including phenoxy) is 3. The van der Waals surface area contributed by atoms with Gasteiger partial charge in [-0.05, 0) is 6.42 Å². The van der Waals surface area contributed by atoms with Crippen LogP contribution in [0.1, 0.15) is 6.42 Å². The molecule has 17 heavy (non-hydrogen) atoms. The van der Waals surface area contributed by atoms with E-state index in [1.807, 2.05) is 0 Å². The summed E-state index contributed by atoms with van der Waals surface area (Å²) in [6.07, 6.45) is 0.469. The lowest BCUT2D eigenvalue weighted by Crippen LogP contribution is -2.03. The largest absolute Gasteiger partial charge is 0.493 e. The molecule has 1 aromatic carbocycles. The van der Waals surface area contributed by atoms with Crippen LogP contribution in [0.15, 0.2) is 12.1 Å². The minimum Gasteiger partial charge on any atom is -0.493 e. The molecule has 0 amide bonds. The summed E-state index contributed by atoms with van der Waals surface area (Å²) in [5.41, 5.74) is 0.813. The Morgan fingerprint density at radius 1 is 1.06 bits per heavy atom. The highest BCUT2D eigenvalue weighted by molar-refractivity contribution is 5.62. The minimum absolute atomic E-state index is 0.336. The zero-order valence-electron chi connectivity index (χ0n) is 10.4. The highest BCUT2D eigenvalue weighted by Gasteiger charge is 2.12. The Morgan fingerprint density at radius 3 is 2.06 bits per heavy atom. The van der Waals surface area contributed by atoms with Crippen LogP contribution in [-0.2, 0) is 0 Å². The van der Waals surface area contributed by atoms with E-state index in [0.717, 1.165) is 5.69 Å². The number of hydrogen-bond acceptors (Lipinski definition) is 4. The first-order valence-electron chi connectivity index (χ1n) is 5.36. The number of anilines is 1. The van der Waals surface area contributed by atoms with Gasteiger partial charge in [0.05, 0.1) is 28.0 Å². The first kappa shape index (κ1) is 13.4. The first-order valence-corrected chi connectivity index (χ1v) is 5.36. The molecule has 0 aliphatic carbocycles. The number of benzene rings is 1. The molecule has 0 heterocycles. The SMILES string of the molecule is COc1cc(NCCCF)cc(OC)c1OC. The van der Waals surface area contributed by atoms with Gasteiger partial charge in [0.1, 0.15) is 0 Å². The molecule has 0 aliphatic rings.